The lowest BCUT2D eigenvalue weighted by Gasteiger charge is -1.91. The van der Waals surface area contributed by atoms with E-state index < -0.39 is 0 Å². The molecule has 0 rings (SSSR count). The first kappa shape index (κ1) is 8.97. The Bertz CT molecular complexity index is 89.8. The number of guanidine groups is 1. The summed E-state index contributed by atoms with van der Waals surface area (Å²) in [7, 11) is 1.50. The Morgan fingerprint density at radius 2 is 2.22 bits per heavy atom. The lowest BCUT2D eigenvalue weighted by Crippen LogP contribution is -2.22. The minimum Gasteiger partial charge on any atom is -0.370 e. The molecule has 0 aliphatic heterocycles. The number of rotatable bonds is 4. The number of aliphatic imine (C=N–C) groups is 1. The average Bonchev–Trinajstić information content (AvgIpc) is 1.80. The lowest BCUT2D eigenvalue weighted by molar-refractivity contribution is 0.940. The first-order valence-electron chi connectivity index (χ1n) is 2.59. The van der Waals surface area contributed by atoms with E-state index in [0.717, 1.165) is 12.2 Å². The molecule has 54 valence electrons. The molecule has 0 heterocycles. The van der Waals surface area contributed by atoms with Gasteiger partial charge in [0.05, 0.1) is 0 Å². The zero-order valence-electron chi connectivity index (χ0n) is 5.08. The number of nitrogens with two attached hydrogens (primary N) is 2. The fraction of sp³-hybridized carbons (Fsp3) is 0.750. The van der Waals surface area contributed by atoms with Crippen LogP contribution in [0.15, 0.2) is 4.99 Å². The van der Waals surface area contributed by atoms with Crippen molar-refractivity contribution in [1.82, 2.24) is 0 Å². The Morgan fingerprint density at radius 3 is 2.67 bits per heavy atom. The molecular weight excluding hydrogens is 154 g/mol. The van der Waals surface area contributed by atoms with Crippen molar-refractivity contribution in [2.24, 2.45) is 16.5 Å². The first-order valence-corrected chi connectivity index (χ1v) is 4.63. The third kappa shape index (κ3) is 7.97. The molecule has 4 N–H and O–H groups in total. The van der Waals surface area contributed by atoms with Gasteiger partial charge in [0, 0.05) is 12.3 Å². The Morgan fingerprint density at radius 1 is 1.56 bits per heavy atom. The topological polar surface area (TPSA) is 64.4 Å². The van der Waals surface area contributed by atoms with Crippen LogP contribution in [0, 0.1) is 0 Å². The van der Waals surface area contributed by atoms with Gasteiger partial charge in [0.1, 0.15) is 0 Å². The number of hydrogen-bond donors (Lipinski definition) is 3. The van der Waals surface area contributed by atoms with E-state index in [-0.39, 0.29) is 5.96 Å². The zero-order chi connectivity index (χ0) is 7.11. The van der Waals surface area contributed by atoms with Gasteiger partial charge in [0.25, 0.3) is 0 Å². The fourth-order valence-corrected chi connectivity index (χ4v) is 0.983. The van der Waals surface area contributed by atoms with Gasteiger partial charge in [-0.25, -0.2) is 0 Å². The summed E-state index contributed by atoms with van der Waals surface area (Å²) < 4.78 is 0. The Balaban J connectivity index is 3.00. The van der Waals surface area contributed by atoms with E-state index in [2.05, 4.69) is 16.7 Å². The Hall–Kier alpha value is -0.0300. The highest BCUT2D eigenvalue weighted by Gasteiger charge is 1.83. The molecule has 0 fully saturated rings. The highest BCUT2D eigenvalue weighted by Crippen LogP contribution is 2.05. The van der Waals surface area contributed by atoms with Crippen LogP contribution in [-0.2, 0) is 0 Å². The van der Waals surface area contributed by atoms with Crippen molar-refractivity contribution in [3.8, 4) is 0 Å². The smallest absolute Gasteiger partial charge is 0.185 e. The standard InChI is InChI=1S/C4H11N3S2/c5-4(6)7-2-1-3-9-8/h8H,1-3H2,(H4,5,6,7). The van der Waals surface area contributed by atoms with E-state index in [9.17, 15) is 0 Å². The zero-order valence-corrected chi connectivity index (χ0v) is 6.79. The van der Waals surface area contributed by atoms with Gasteiger partial charge in [0.2, 0.25) is 0 Å². The number of hydrogen-bond acceptors (Lipinski definition) is 3. The molecule has 0 saturated carbocycles. The summed E-state index contributed by atoms with van der Waals surface area (Å²) in [6.07, 6.45) is 0.978. The molecule has 0 aromatic rings. The number of thiol groups is 1. The summed E-state index contributed by atoms with van der Waals surface area (Å²) in [4.78, 5) is 3.79. The highest BCUT2D eigenvalue weighted by atomic mass is 33.1. The van der Waals surface area contributed by atoms with E-state index in [4.69, 9.17) is 11.5 Å². The molecule has 0 aliphatic rings. The van der Waals surface area contributed by atoms with Crippen LogP contribution >= 0.6 is 22.5 Å². The largest absolute Gasteiger partial charge is 0.370 e. The van der Waals surface area contributed by atoms with Crippen LogP contribution < -0.4 is 11.5 Å². The molecule has 0 amide bonds. The molecule has 0 saturated heterocycles. The lowest BCUT2D eigenvalue weighted by atomic mass is 10.5. The second-order valence-corrected chi connectivity index (χ2v) is 2.93. The van der Waals surface area contributed by atoms with Crippen LogP contribution in [0.2, 0.25) is 0 Å². The van der Waals surface area contributed by atoms with Gasteiger partial charge >= 0.3 is 0 Å². The van der Waals surface area contributed by atoms with Crippen molar-refractivity contribution in [2.75, 3.05) is 12.3 Å². The van der Waals surface area contributed by atoms with E-state index in [1.54, 1.807) is 0 Å². The monoisotopic (exact) mass is 165 g/mol. The molecule has 0 atom stereocenters. The molecule has 0 unspecified atom stereocenters. The van der Waals surface area contributed by atoms with Crippen LogP contribution in [0.1, 0.15) is 6.42 Å². The second kappa shape index (κ2) is 6.10. The quantitative estimate of drug-likeness (QED) is 0.184. The molecule has 0 bridgehead atoms. The van der Waals surface area contributed by atoms with Crippen molar-refractivity contribution in [1.29, 1.82) is 0 Å². The molecule has 0 aliphatic carbocycles. The van der Waals surface area contributed by atoms with Crippen LogP contribution in [0.3, 0.4) is 0 Å². The molecule has 3 nitrogen and oxygen atoms in total. The van der Waals surface area contributed by atoms with E-state index in [0.29, 0.717) is 6.54 Å². The molecule has 0 spiro atoms. The van der Waals surface area contributed by atoms with Crippen LogP contribution in [0.4, 0.5) is 0 Å². The Kier molecular flexibility index (Phi) is 6.08. The van der Waals surface area contributed by atoms with Gasteiger partial charge in [-0.1, -0.05) is 10.8 Å². The van der Waals surface area contributed by atoms with Crippen molar-refractivity contribution in [3.63, 3.8) is 0 Å². The van der Waals surface area contributed by atoms with Gasteiger partial charge in [-0.2, -0.15) is 0 Å². The highest BCUT2D eigenvalue weighted by molar-refractivity contribution is 8.68. The van der Waals surface area contributed by atoms with E-state index in [1.807, 2.05) is 0 Å². The summed E-state index contributed by atoms with van der Waals surface area (Å²) in [6, 6.07) is 0. The maximum atomic E-state index is 5.08. The van der Waals surface area contributed by atoms with Crippen molar-refractivity contribution < 1.29 is 0 Å². The summed E-state index contributed by atoms with van der Waals surface area (Å²) in [5, 5.41) is 0. The van der Waals surface area contributed by atoms with Crippen molar-refractivity contribution in [2.45, 2.75) is 6.42 Å². The first-order chi connectivity index (χ1) is 4.27. The molecule has 5 heteroatoms. The van der Waals surface area contributed by atoms with Crippen molar-refractivity contribution >= 4 is 28.4 Å². The minimum absolute atomic E-state index is 0.166. The summed E-state index contributed by atoms with van der Waals surface area (Å²) in [5.41, 5.74) is 10.2. The maximum Gasteiger partial charge on any atom is 0.185 e. The van der Waals surface area contributed by atoms with Gasteiger partial charge in [-0.05, 0) is 6.42 Å². The van der Waals surface area contributed by atoms with Crippen LogP contribution in [-0.4, -0.2) is 18.3 Å². The minimum atomic E-state index is 0.166. The number of nitrogens with zero attached hydrogens (tertiary/aromatic N) is 1. The molecule has 0 radical (unpaired) electrons. The predicted molar refractivity (Wildman–Crippen MR) is 46.7 cm³/mol. The average molecular weight is 165 g/mol. The molecular formula is C4H11N3S2. The predicted octanol–water partition coefficient (Wildman–Crippen LogP) is 0.228. The van der Waals surface area contributed by atoms with Crippen molar-refractivity contribution in [3.05, 3.63) is 0 Å². The third-order valence-electron chi connectivity index (χ3n) is 0.688. The van der Waals surface area contributed by atoms with Gasteiger partial charge < -0.3 is 11.5 Å². The molecule has 0 aromatic carbocycles. The molecule has 9 heavy (non-hydrogen) atoms. The second-order valence-electron chi connectivity index (χ2n) is 1.49. The third-order valence-corrected chi connectivity index (χ3v) is 1.71. The summed E-state index contributed by atoms with van der Waals surface area (Å²) in [5.74, 6) is 1.15. The fourth-order valence-electron chi connectivity index (χ4n) is 0.337. The Labute approximate surface area is 64.1 Å². The summed E-state index contributed by atoms with van der Waals surface area (Å²) >= 11 is 3.95. The van der Waals surface area contributed by atoms with E-state index in [1.165, 1.54) is 10.8 Å². The van der Waals surface area contributed by atoms with Gasteiger partial charge in [-0.15, -0.1) is 11.7 Å². The molecule has 0 aromatic heterocycles. The SMILES string of the molecule is NC(N)=NCCCSS. The van der Waals surface area contributed by atoms with Crippen LogP contribution in [0.25, 0.3) is 0 Å². The van der Waals surface area contributed by atoms with Crippen LogP contribution in [0.5, 0.6) is 0 Å². The van der Waals surface area contributed by atoms with Gasteiger partial charge in [-0.3, -0.25) is 4.99 Å². The van der Waals surface area contributed by atoms with Gasteiger partial charge in [0.15, 0.2) is 5.96 Å². The maximum absolute atomic E-state index is 5.08. The van der Waals surface area contributed by atoms with E-state index >= 15 is 0 Å². The summed E-state index contributed by atoms with van der Waals surface area (Å²) in [6.45, 7) is 0.704. The normalized spacial score (nSPS) is 9.00.